The first-order valence-corrected chi connectivity index (χ1v) is 6.93. The lowest BCUT2D eigenvalue weighted by atomic mass is 10.1. The van der Waals surface area contributed by atoms with Crippen LogP contribution in [0.2, 0.25) is 0 Å². The Morgan fingerprint density at radius 3 is 2.36 bits per heavy atom. The molecule has 1 rings (SSSR count). The van der Waals surface area contributed by atoms with Gasteiger partial charge in [-0.2, -0.15) is 0 Å². The minimum absolute atomic E-state index is 0.382. The van der Waals surface area contributed by atoms with E-state index in [4.69, 9.17) is 4.74 Å². The summed E-state index contributed by atoms with van der Waals surface area (Å²) in [7, 11) is 0. The van der Waals surface area contributed by atoms with Crippen molar-refractivity contribution >= 4 is 17.9 Å². The maximum atomic E-state index is 12.2. The SMILES string of the molecule is CCNC(=O)NC(=O)[C@H](OC(=O)C=C(C)C)c1ccccc1. The molecular formula is C16H20N2O4. The molecular weight excluding hydrogens is 284 g/mol. The van der Waals surface area contributed by atoms with E-state index in [-0.39, 0.29) is 0 Å². The number of carbonyl (C=O) groups is 3. The fourth-order valence-corrected chi connectivity index (χ4v) is 1.67. The highest BCUT2D eigenvalue weighted by atomic mass is 16.5. The van der Waals surface area contributed by atoms with Gasteiger partial charge in [-0.3, -0.25) is 10.1 Å². The van der Waals surface area contributed by atoms with Gasteiger partial charge in [-0.05, 0) is 20.8 Å². The molecule has 1 aromatic carbocycles. The third-order valence-electron chi connectivity index (χ3n) is 2.56. The molecule has 0 aromatic heterocycles. The lowest BCUT2D eigenvalue weighted by Gasteiger charge is -2.17. The first kappa shape index (κ1) is 17.4. The standard InChI is InChI=1S/C16H20N2O4/c1-4-17-16(21)18-15(20)14(12-8-6-5-7-9-12)22-13(19)10-11(2)3/h5-10,14H,4H2,1-3H3,(H2,17,18,20,21)/t14-/m1/s1. The van der Waals surface area contributed by atoms with E-state index >= 15 is 0 Å². The maximum Gasteiger partial charge on any atom is 0.331 e. The minimum Gasteiger partial charge on any atom is -0.444 e. The van der Waals surface area contributed by atoms with Gasteiger partial charge >= 0.3 is 12.0 Å². The highest BCUT2D eigenvalue weighted by Gasteiger charge is 2.25. The van der Waals surface area contributed by atoms with Crippen molar-refractivity contribution in [3.8, 4) is 0 Å². The second kappa shape index (κ2) is 8.61. The Hall–Kier alpha value is -2.63. The molecule has 0 spiro atoms. The van der Waals surface area contributed by atoms with Crippen LogP contribution in [0.4, 0.5) is 4.79 Å². The summed E-state index contributed by atoms with van der Waals surface area (Å²) < 4.78 is 5.18. The van der Waals surface area contributed by atoms with Gasteiger partial charge in [0.25, 0.3) is 5.91 Å². The van der Waals surface area contributed by atoms with Gasteiger partial charge in [-0.25, -0.2) is 9.59 Å². The monoisotopic (exact) mass is 304 g/mol. The number of amides is 3. The van der Waals surface area contributed by atoms with E-state index in [2.05, 4.69) is 10.6 Å². The van der Waals surface area contributed by atoms with Gasteiger partial charge in [0.05, 0.1) is 0 Å². The van der Waals surface area contributed by atoms with Crippen LogP contribution in [0.1, 0.15) is 32.4 Å². The lowest BCUT2D eigenvalue weighted by molar-refractivity contribution is -0.151. The van der Waals surface area contributed by atoms with E-state index in [1.807, 2.05) is 0 Å². The fourth-order valence-electron chi connectivity index (χ4n) is 1.67. The molecule has 0 aliphatic heterocycles. The zero-order chi connectivity index (χ0) is 16.5. The molecule has 1 aromatic rings. The van der Waals surface area contributed by atoms with E-state index in [1.54, 1.807) is 51.1 Å². The molecule has 0 saturated heterocycles. The molecule has 0 saturated carbocycles. The number of benzene rings is 1. The van der Waals surface area contributed by atoms with Gasteiger partial charge in [0.15, 0.2) is 0 Å². The van der Waals surface area contributed by atoms with Gasteiger partial charge in [-0.1, -0.05) is 35.9 Å². The lowest BCUT2D eigenvalue weighted by Crippen LogP contribution is -2.42. The van der Waals surface area contributed by atoms with Crippen LogP contribution in [0, 0.1) is 0 Å². The van der Waals surface area contributed by atoms with Gasteiger partial charge in [-0.15, -0.1) is 0 Å². The predicted molar refractivity (Wildman–Crippen MR) is 81.9 cm³/mol. The molecule has 6 heteroatoms. The van der Waals surface area contributed by atoms with Gasteiger partial charge in [0.1, 0.15) is 0 Å². The Kier molecular flexibility index (Phi) is 6.82. The van der Waals surface area contributed by atoms with Crippen LogP contribution < -0.4 is 10.6 Å². The summed E-state index contributed by atoms with van der Waals surface area (Å²) in [6.07, 6.45) is 0.0990. The Morgan fingerprint density at radius 2 is 1.82 bits per heavy atom. The zero-order valence-corrected chi connectivity index (χ0v) is 12.9. The smallest absolute Gasteiger partial charge is 0.331 e. The number of urea groups is 1. The summed E-state index contributed by atoms with van der Waals surface area (Å²) in [5.74, 6) is -1.34. The van der Waals surface area contributed by atoms with Crippen molar-refractivity contribution in [1.29, 1.82) is 0 Å². The van der Waals surface area contributed by atoms with Crippen molar-refractivity contribution in [1.82, 2.24) is 10.6 Å². The quantitative estimate of drug-likeness (QED) is 0.644. The van der Waals surface area contributed by atoms with Gasteiger partial charge in [0.2, 0.25) is 6.10 Å². The Balaban J connectivity index is 2.92. The molecule has 6 nitrogen and oxygen atoms in total. The van der Waals surface area contributed by atoms with Crippen molar-refractivity contribution in [3.63, 3.8) is 0 Å². The van der Waals surface area contributed by atoms with E-state index < -0.39 is 24.0 Å². The Bertz CT molecular complexity index is 563. The molecule has 1 atom stereocenters. The van der Waals surface area contributed by atoms with E-state index in [0.717, 1.165) is 5.57 Å². The minimum atomic E-state index is -1.19. The van der Waals surface area contributed by atoms with Crippen LogP contribution in [0.25, 0.3) is 0 Å². The van der Waals surface area contributed by atoms with Crippen LogP contribution in [0.3, 0.4) is 0 Å². The molecule has 22 heavy (non-hydrogen) atoms. The largest absolute Gasteiger partial charge is 0.444 e. The number of carbonyl (C=O) groups excluding carboxylic acids is 3. The summed E-state index contributed by atoms with van der Waals surface area (Å²) >= 11 is 0. The topological polar surface area (TPSA) is 84.5 Å². The van der Waals surface area contributed by atoms with Crippen molar-refractivity contribution in [3.05, 3.63) is 47.5 Å². The molecule has 0 aliphatic carbocycles. The average molecular weight is 304 g/mol. The maximum absolute atomic E-state index is 12.2. The van der Waals surface area contributed by atoms with E-state index in [0.29, 0.717) is 12.1 Å². The number of hydrogen-bond acceptors (Lipinski definition) is 4. The second-order valence-corrected chi connectivity index (χ2v) is 4.80. The molecule has 0 radical (unpaired) electrons. The van der Waals surface area contributed by atoms with E-state index in [9.17, 15) is 14.4 Å². The second-order valence-electron chi connectivity index (χ2n) is 4.80. The molecule has 0 fully saturated rings. The molecule has 0 unspecified atom stereocenters. The first-order chi connectivity index (χ1) is 10.4. The highest BCUT2D eigenvalue weighted by Crippen LogP contribution is 2.18. The van der Waals surface area contributed by atoms with Gasteiger partial charge in [0, 0.05) is 18.2 Å². The van der Waals surface area contributed by atoms with Crippen LogP contribution in [0.15, 0.2) is 42.0 Å². The van der Waals surface area contributed by atoms with Gasteiger partial charge < -0.3 is 10.1 Å². The fraction of sp³-hybridized carbons (Fsp3) is 0.312. The predicted octanol–water partition coefficient (Wildman–Crippen LogP) is 2.08. The van der Waals surface area contributed by atoms with Crippen molar-refractivity contribution in [2.45, 2.75) is 26.9 Å². The molecule has 3 amide bonds. The number of rotatable bonds is 5. The van der Waals surface area contributed by atoms with Crippen LogP contribution in [-0.2, 0) is 14.3 Å². The summed E-state index contributed by atoms with van der Waals surface area (Å²) in [5, 5.41) is 4.60. The van der Waals surface area contributed by atoms with Crippen LogP contribution >= 0.6 is 0 Å². The average Bonchev–Trinajstić information content (AvgIpc) is 2.45. The third kappa shape index (κ3) is 5.78. The summed E-state index contributed by atoms with van der Waals surface area (Å²) in [4.78, 5) is 35.4. The first-order valence-electron chi connectivity index (χ1n) is 6.93. The molecule has 0 aliphatic rings. The third-order valence-corrected chi connectivity index (χ3v) is 2.56. The zero-order valence-electron chi connectivity index (χ0n) is 12.9. The van der Waals surface area contributed by atoms with E-state index in [1.165, 1.54) is 6.08 Å². The summed E-state index contributed by atoms with van der Waals surface area (Å²) in [5.41, 5.74) is 1.24. The summed E-state index contributed by atoms with van der Waals surface area (Å²) in [6, 6.07) is 7.88. The highest BCUT2D eigenvalue weighted by molar-refractivity contribution is 5.98. The van der Waals surface area contributed by atoms with Crippen molar-refractivity contribution < 1.29 is 19.1 Å². The van der Waals surface area contributed by atoms with Crippen LogP contribution in [0.5, 0.6) is 0 Å². The number of allylic oxidation sites excluding steroid dienone is 1. The Morgan fingerprint density at radius 1 is 1.18 bits per heavy atom. The molecule has 0 bridgehead atoms. The molecule has 118 valence electrons. The Labute approximate surface area is 129 Å². The number of esters is 1. The number of ether oxygens (including phenoxy) is 1. The molecule has 2 N–H and O–H groups in total. The number of nitrogens with one attached hydrogen (secondary N) is 2. The van der Waals surface area contributed by atoms with Crippen LogP contribution in [-0.4, -0.2) is 24.5 Å². The normalized spacial score (nSPS) is 11.0. The molecule has 0 heterocycles. The summed E-state index contributed by atoms with van der Waals surface area (Å²) in [6.45, 7) is 5.60. The van der Waals surface area contributed by atoms with Crippen molar-refractivity contribution in [2.24, 2.45) is 0 Å². The van der Waals surface area contributed by atoms with Crippen molar-refractivity contribution in [2.75, 3.05) is 6.54 Å². The number of imide groups is 1. The number of hydrogen-bond donors (Lipinski definition) is 2.